The van der Waals surface area contributed by atoms with Gasteiger partial charge >= 0.3 is 0 Å². The van der Waals surface area contributed by atoms with Gasteiger partial charge in [-0.05, 0) is 37.8 Å². The number of pyridine rings is 1. The average molecular weight is 479 g/mol. The number of thioether (sulfide) groups is 1. The van der Waals surface area contributed by atoms with E-state index in [4.69, 9.17) is 12.2 Å². The fraction of sp³-hybridized carbons (Fsp3) is 0.500. The van der Waals surface area contributed by atoms with Crippen LogP contribution in [0.15, 0.2) is 9.70 Å². The van der Waals surface area contributed by atoms with Crippen LogP contribution in [0.5, 0.6) is 0 Å². The highest BCUT2D eigenvalue weighted by Crippen LogP contribution is 2.38. The summed E-state index contributed by atoms with van der Waals surface area (Å²) in [5.74, 6) is 0.338. The SMILES string of the molecule is Cc1c(C=C2SC(=S)N(C3CCS(=O)(=O)C3)C2=O)c(N2CCCC2)n(C)c(=O)c1C#N. The van der Waals surface area contributed by atoms with Crippen LogP contribution >= 0.6 is 24.0 Å². The quantitative estimate of drug-likeness (QED) is 0.476. The highest BCUT2D eigenvalue weighted by Gasteiger charge is 2.42. The highest BCUT2D eigenvalue weighted by atomic mass is 32.2. The minimum absolute atomic E-state index is 0.0501. The molecular formula is C20H22N4O4S3. The van der Waals surface area contributed by atoms with Crippen molar-refractivity contribution >= 4 is 55.9 Å². The van der Waals surface area contributed by atoms with Gasteiger partial charge in [-0.2, -0.15) is 5.26 Å². The summed E-state index contributed by atoms with van der Waals surface area (Å²) in [5, 5.41) is 9.54. The van der Waals surface area contributed by atoms with Crippen molar-refractivity contribution in [1.29, 1.82) is 5.26 Å². The Balaban J connectivity index is 1.81. The monoisotopic (exact) mass is 478 g/mol. The van der Waals surface area contributed by atoms with Gasteiger partial charge in [-0.1, -0.05) is 24.0 Å². The van der Waals surface area contributed by atoms with Crippen molar-refractivity contribution in [3.05, 3.63) is 31.9 Å². The van der Waals surface area contributed by atoms with Crippen LogP contribution in [0.2, 0.25) is 0 Å². The van der Waals surface area contributed by atoms with Crippen molar-refractivity contribution in [2.45, 2.75) is 32.2 Å². The average Bonchev–Trinajstić information content (AvgIpc) is 3.41. The lowest BCUT2D eigenvalue weighted by Crippen LogP contribution is -2.39. The summed E-state index contributed by atoms with van der Waals surface area (Å²) < 4.78 is 25.6. The van der Waals surface area contributed by atoms with Crippen molar-refractivity contribution < 1.29 is 13.2 Å². The second kappa shape index (κ2) is 8.07. The number of rotatable bonds is 3. The Morgan fingerprint density at radius 3 is 2.52 bits per heavy atom. The summed E-state index contributed by atoms with van der Waals surface area (Å²) in [6, 6.07) is 1.55. The van der Waals surface area contributed by atoms with Gasteiger partial charge in [0.1, 0.15) is 21.8 Å². The van der Waals surface area contributed by atoms with E-state index >= 15 is 0 Å². The molecule has 0 radical (unpaired) electrons. The van der Waals surface area contributed by atoms with Gasteiger partial charge in [0.15, 0.2) is 9.84 Å². The molecule has 1 atom stereocenters. The molecule has 3 aliphatic rings. The van der Waals surface area contributed by atoms with E-state index in [1.807, 2.05) is 6.07 Å². The summed E-state index contributed by atoms with van der Waals surface area (Å²) >= 11 is 6.54. The Labute approximate surface area is 190 Å². The van der Waals surface area contributed by atoms with Crippen LogP contribution in [0, 0.1) is 18.3 Å². The molecule has 8 nitrogen and oxygen atoms in total. The predicted molar refractivity (Wildman–Crippen MR) is 125 cm³/mol. The molecule has 0 N–H and O–H groups in total. The van der Waals surface area contributed by atoms with E-state index in [1.165, 1.54) is 9.47 Å². The summed E-state index contributed by atoms with van der Waals surface area (Å²) in [4.78, 5) is 29.8. The molecule has 0 bridgehead atoms. The topological polar surface area (TPSA) is 103 Å². The fourth-order valence-corrected chi connectivity index (χ4v) is 7.51. The second-order valence-electron chi connectivity index (χ2n) is 8.02. The number of nitriles is 1. The number of aromatic nitrogens is 1. The van der Waals surface area contributed by atoms with Crippen molar-refractivity contribution in [3.63, 3.8) is 0 Å². The first-order valence-corrected chi connectivity index (χ1v) is 13.1. The van der Waals surface area contributed by atoms with Gasteiger partial charge in [-0.15, -0.1) is 0 Å². The Hall–Kier alpha value is -2.16. The van der Waals surface area contributed by atoms with Crippen LogP contribution < -0.4 is 10.5 Å². The van der Waals surface area contributed by atoms with E-state index in [1.54, 1.807) is 20.0 Å². The summed E-state index contributed by atoms with van der Waals surface area (Å²) in [5.41, 5.74) is 0.873. The standard InChI is InChI=1S/C20H22N4O4S3/c1-12-14(17(23-6-3-4-7-23)22(2)18(25)15(12)10-21)9-16-19(26)24(20(29)30-16)13-5-8-31(27,28)11-13/h9,13H,3-8,11H2,1-2H3. The molecule has 3 saturated heterocycles. The molecule has 1 unspecified atom stereocenters. The Kier molecular flexibility index (Phi) is 5.74. The molecule has 164 valence electrons. The van der Waals surface area contributed by atoms with Gasteiger partial charge in [0, 0.05) is 25.7 Å². The third kappa shape index (κ3) is 3.81. The van der Waals surface area contributed by atoms with E-state index < -0.39 is 15.9 Å². The zero-order chi connectivity index (χ0) is 22.5. The van der Waals surface area contributed by atoms with E-state index in [0.717, 1.165) is 37.7 Å². The first-order valence-electron chi connectivity index (χ1n) is 10.0. The highest BCUT2D eigenvalue weighted by molar-refractivity contribution is 8.26. The second-order valence-corrected chi connectivity index (χ2v) is 11.9. The first kappa shape index (κ1) is 22.0. The van der Waals surface area contributed by atoms with Crippen LogP contribution in [0.4, 0.5) is 5.82 Å². The fourth-order valence-electron chi connectivity index (χ4n) is 4.43. The number of hydrogen-bond donors (Lipinski definition) is 0. The largest absolute Gasteiger partial charge is 0.357 e. The first-order chi connectivity index (χ1) is 14.6. The molecule has 11 heteroatoms. The lowest BCUT2D eigenvalue weighted by atomic mass is 10.0. The molecule has 0 saturated carbocycles. The number of carbonyl (C=O) groups is 1. The molecule has 1 aromatic heterocycles. The Morgan fingerprint density at radius 2 is 1.94 bits per heavy atom. The molecule has 31 heavy (non-hydrogen) atoms. The smallest absolute Gasteiger partial charge is 0.270 e. The zero-order valence-corrected chi connectivity index (χ0v) is 19.7. The molecule has 3 fully saturated rings. The van der Waals surface area contributed by atoms with Gasteiger partial charge in [0.2, 0.25) is 0 Å². The van der Waals surface area contributed by atoms with Crippen LogP contribution in [-0.2, 0) is 21.7 Å². The summed E-state index contributed by atoms with van der Waals surface area (Å²) in [6.07, 6.45) is 4.08. The zero-order valence-electron chi connectivity index (χ0n) is 17.3. The molecule has 0 spiro atoms. The number of carbonyl (C=O) groups excluding carboxylic acids is 1. The van der Waals surface area contributed by atoms with Gasteiger partial charge in [-0.3, -0.25) is 19.1 Å². The van der Waals surface area contributed by atoms with Crippen LogP contribution in [0.3, 0.4) is 0 Å². The van der Waals surface area contributed by atoms with E-state index in [2.05, 4.69) is 4.90 Å². The molecule has 4 rings (SSSR count). The molecule has 3 aliphatic heterocycles. The van der Waals surface area contributed by atoms with E-state index in [0.29, 0.717) is 32.6 Å². The normalized spacial score (nSPS) is 24.4. The number of thiocarbonyl (C=S) groups is 1. The Bertz CT molecular complexity index is 1220. The molecule has 1 amide bonds. The lowest BCUT2D eigenvalue weighted by Gasteiger charge is -2.25. The summed E-state index contributed by atoms with van der Waals surface area (Å²) in [6.45, 7) is 3.30. The molecule has 4 heterocycles. The number of anilines is 1. The lowest BCUT2D eigenvalue weighted by molar-refractivity contribution is -0.123. The van der Waals surface area contributed by atoms with Gasteiger partial charge in [0.05, 0.1) is 22.5 Å². The van der Waals surface area contributed by atoms with Crippen molar-refractivity contribution in [2.24, 2.45) is 7.05 Å². The van der Waals surface area contributed by atoms with Crippen molar-refractivity contribution in [2.75, 3.05) is 29.5 Å². The van der Waals surface area contributed by atoms with Crippen molar-refractivity contribution in [3.8, 4) is 6.07 Å². The van der Waals surface area contributed by atoms with Gasteiger partial charge < -0.3 is 4.90 Å². The maximum Gasteiger partial charge on any atom is 0.270 e. The van der Waals surface area contributed by atoms with Crippen molar-refractivity contribution in [1.82, 2.24) is 9.47 Å². The number of amides is 1. The van der Waals surface area contributed by atoms with Gasteiger partial charge in [0.25, 0.3) is 11.5 Å². The van der Waals surface area contributed by atoms with E-state index in [9.17, 15) is 23.3 Å². The van der Waals surface area contributed by atoms with Crippen LogP contribution in [0.1, 0.15) is 36.0 Å². The molecular weight excluding hydrogens is 456 g/mol. The third-order valence-electron chi connectivity index (χ3n) is 6.05. The van der Waals surface area contributed by atoms with E-state index in [-0.39, 0.29) is 28.5 Å². The molecule has 0 aromatic carbocycles. The maximum absolute atomic E-state index is 13.2. The third-order valence-corrected chi connectivity index (χ3v) is 9.13. The van der Waals surface area contributed by atoms with Gasteiger partial charge in [-0.25, -0.2) is 8.42 Å². The number of sulfone groups is 1. The summed E-state index contributed by atoms with van der Waals surface area (Å²) in [7, 11) is -1.52. The minimum atomic E-state index is -3.16. The minimum Gasteiger partial charge on any atom is -0.357 e. The Morgan fingerprint density at radius 1 is 1.26 bits per heavy atom. The predicted octanol–water partition coefficient (Wildman–Crippen LogP) is 1.55. The molecule has 1 aromatic rings. The maximum atomic E-state index is 13.2. The van der Waals surface area contributed by atoms with Crippen LogP contribution in [-0.4, -0.2) is 58.7 Å². The van der Waals surface area contributed by atoms with Crippen LogP contribution in [0.25, 0.3) is 6.08 Å². The number of hydrogen-bond acceptors (Lipinski definition) is 8. The number of nitrogens with zero attached hydrogens (tertiary/aromatic N) is 4. The molecule has 0 aliphatic carbocycles.